The Morgan fingerprint density at radius 3 is 2.43 bits per heavy atom. The fraction of sp³-hybridized carbons (Fsp3) is 0.0952. The summed E-state index contributed by atoms with van der Waals surface area (Å²) in [6, 6.07) is 14.0. The first-order valence-electron chi connectivity index (χ1n) is 8.33. The van der Waals surface area contributed by atoms with Gasteiger partial charge < -0.3 is 18.6 Å². The first-order valence-corrected chi connectivity index (χ1v) is 8.33. The second kappa shape index (κ2) is 8.68. The minimum absolute atomic E-state index is 0.0900. The molecule has 0 spiro atoms. The molecule has 0 fully saturated rings. The lowest BCUT2D eigenvalue weighted by molar-refractivity contribution is -0.138. The Bertz CT molecular complexity index is 1060. The van der Waals surface area contributed by atoms with Crippen LogP contribution in [-0.4, -0.2) is 25.2 Å². The zero-order chi connectivity index (χ0) is 19.9. The zero-order valence-electron chi connectivity index (χ0n) is 14.8. The number of esters is 2. The summed E-state index contributed by atoms with van der Waals surface area (Å²) in [5, 5.41) is 0.722. The number of rotatable bonds is 7. The minimum Gasteiger partial charge on any atom is -0.490 e. The Morgan fingerprint density at radius 2 is 1.68 bits per heavy atom. The molecule has 0 atom stereocenters. The van der Waals surface area contributed by atoms with Crippen molar-refractivity contribution in [3.63, 3.8) is 0 Å². The highest BCUT2D eigenvalue weighted by atomic mass is 16.6. The van der Waals surface area contributed by atoms with Crippen LogP contribution in [0.5, 0.6) is 11.5 Å². The molecule has 7 heteroatoms. The Morgan fingerprint density at radius 1 is 0.964 bits per heavy atom. The van der Waals surface area contributed by atoms with E-state index < -0.39 is 17.6 Å². The highest BCUT2D eigenvalue weighted by Crippen LogP contribution is 2.21. The second-order valence-corrected chi connectivity index (χ2v) is 5.59. The van der Waals surface area contributed by atoms with Gasteiger partial charge in [0.1, 0.15) is 30.3 Å². The first-order chi connectivity index (χ1) is 13.5. The third-order valence-electron chi connectivity index (χ3n) is 3.66. The fourth-order valence-electron chi connectivity index (χ4n) is 2.32. The quantitative estimate of drug-likeness (QED) is 0.204. The maximum atomic E-state index is 12.3. The van der Waals surface area contributed by atoms with Crippen molar-refractivity contribution in [3.8, 4) is 11.5 Å². The van der Waals surface area contributed by atoms with Gasteiger partial charge in [0.05, 0.1) is 5.56 Å². The molecule has 3 aromatic rings. The van der Waals surface area contributed by atoms with Crippen LogP contribution in [0.4, 0.5) is 0 Å². The van der Waals surface area contributed by atoms with Crippen LogP contribution >= 0.6 is 0 Å². The van der Waals surface area contributed by atoms with Gasteiger partial charge in [-0.2, -0.15) is 0 Å². The summed E-state index contributed by atoms with van der Waals surface area (Å²) in [5.41, 5.74) is 0.171. The molecule has 0 N–H and O–H groups in total. The molecule has 1 aromatic heterocycles. The molecule has 0 bridgehead atoms. The van der Waals surface area contributed by atoms with Crippen LogP contribution in [0.1, 0.15) is 10.4 Å². The molecule has 7 nitrogen and oxygen atoms in total. The van der Waals surface area contributed by atoms with Crippen LogP contribution in [0.2, 0.25) is 0 Å². The molecule has 0 amide bonds. The van der Waals surface area contributed by atoms with Gasteiger partial charge in [-0.3, -0.25) is 0 Å². The Balaban J connectivity index is 1.59. The maximum Gasteiger partial charge on any atom is 0.343 e. The summed E-state index contributed by atoms with van der Waals surface area (Å²) in [7, 11) is 0. The monoisotopic (exact) mass is 380 g/mol. The smallest absolute Gasteiger partial charge is 0.343 e. The van der Waals surface area contributed by atoms with E-state index in [2.05, 4.69) is 6.58 Å². The summed E-state index contributed by atoms with van der Waals surface area (Å²) < 4.78 is 20.6. The number of hydrogen-bond donors (Lipinski definition) is 0. The average Bonchev–Trinajstić information content (AvgIpc) is 2.71. The van der Waals surface area contributed by atoms with Crippen LogP contribution in [0.25, 0.3) is 11.0 Å². The molecule has 2 aromatic carbocycles. The zero-order valence-corrected chi connectivity index (χ0v) is 14.8. The van der Waals surface area contributed by atoms with E-state index in [-0.39, 0.29) is 19.0 Å². The molecule has 3 rings (SSSR count). The van der Waals surface area contributed by atoms with Gasteiger partial charge in [-0.05, 0) is 42.5 Å². The number of hydrogen-bond acceptors (Lipinski definition) is 7. The van der Waals surface area contributed by atoms with E-state index in [1.54, 1.807) is 42.5 Å². The second-order valence-electron chi connectivity index (χ2n) is 5.59. The van der Waals surface area contributed by atoms with Crippen molar-refractivity contribution >= 4 is 22.9 Å². The third kappa shape index (κ3) is 4.85. The van der Waals surface area contributed by atoms with Crippen molar-refractivity contribution in [3.05, 3.63) is 83.2 Å². The molecule has 142 valence electrons. The largest absolute Gasteiger partial charge is 0.490 e. The molecule has 0 saturated heterocycles. The number of benzene rings is 2. The summed E-state index contributed by atoms with van der Waals surface area (Å²) in [4.78, 5) is 34.5. The van der Waals surface area contributed by atoms with Gasteiger partial charge in [-0.25, -0.2) is 14.4 Å². The number of carbonyl (C=O) groups excluding carboxylic acids is 2. The van der Waals surface area contributed by atoms with E-state index in [4.69, 9.17) is 18.6 Å². The standard InChI is InChI=1S/C21H16O7/c1-2-19(22)26-12-11-25-16-7-4-15(5-8-16)21(24)27-17-9-3-14-6-10-20(23)28-18(14)13-17/h2-10,13H,1,11-12H2. The lowest BCUT2D eigenvalue weighted by Crippen LogP contribution is -2.11. The van der Waals surface area contributed by atoms with Gasteiger partial charge in [0.15, 0.2) is 0 Å². The van der Waals surface area contributed by atoms with Crippen molar-refractivity contribution < 1.29 is 28.2 Å². The van der Waals surface area contributed by atoms with Crippen LogP contribution in [0.3, 0.4) is 0 Å². The van der Waals surface area contributed by atoms with E-state index in [1.165, 1.54) is 12.1 Å². The maximum absolute atomic E-state index is 12.3. The average molecular weight is 380 g/mol. The van der Waals surface area contributed by atoms with E-state index >= 15 is 0 Å². The third-order valence-corrected chi connectivity index (χ3v) is 3.66. The van der Waals surface area contributed by atoms with E-state index in [0.717, 1.165) is 11.5 Å². The summed E-state index contributed by atoms with van der Waals surface area (Å²) >= 11 is 0. The van der Waals surface area contributed by atoms with Crippen molar-refractivity contribution in [1.29, 1.82) is 0 Å². The van der Waals surface area contributed by atoms with Gasteiger partial charge >= 0.3 is 17.6 Å². The predicted octanol–water partition coefficient (Wildman–Crippen LogP) is 3.12. The van der Waals surface area contributed by atoms with Crippen molar-refractivity contribution in [2.75, 3.05) is 13.2 Å². The minimum atomic E-state index is -0.566. The van der Waals surface area contributed by atoms with Gasteiger partial charge in [-0.1, -0.05) is 6.58 Å². The molecule has 0 saturated carbocycles. The van der Waals surface area contributed by atoms with Crippen molar-refractivity contribution in [1.82, 2.24) is 0 Å². The summed E-state index contributed by atoms with van der Waals surface area (Å²) in [6.45, 7) is 3.56. The molecule has 28 heavy (non-hydrogen) atoms. The Hall–Kier alpha value is -3.87. The molecular weight excluding hydrogens is 364 g/mol. The molecule has 0 aliphatic rings. The molecule has 0 aliphatic heterocycles. The molecule has 0 aliphatic carbocycles. The van der Waals surface area contributed by atoms with Crippen LogP contribution in [-0.2, 0) is 9.53 Å². The molecule has 0 unspecified atom stereocenters. The number of fused-ring (bicyclic) bond motifs is 1. The number of carbonyl (C=O) groups is 2. The number of ether oxygens (including phenoxy) is 3. The van der Waals surface area contributed by atoms with E-state index in [0.29, 0.717) is 16.9 Å². The predicted molar refractivity (Wildman–Crippen MR) is 101 cm³/mol. The lowest BCUT2D eigenvalue weighted by atomic mass is 10.2. The lowest BCUT2D eigenvalue weighted by Gasteiger charge is -2.08. The van der Waals surface area contributed by atoms with Gasteiger partial charge in [0.25, 0.3) is 0 Å². The van der Waals surface area contributed by atoms with E-state index in [1.807, 2.05) is 0 Å². The summed E-state index contributed by atoms with van der Waals surface area (Å²) in [6.07, 6.45) is 1.07. The van der Waals surface area contributed by atoms with Gasteiger partial charge in [0.2, 0.25) is 0 Å². The topological polar surface area (TPSA) is 92.0 Å². The summed E-state index contributed by atoms with van der Waals surface area (Å²) in [5.74, 6) is -0.311. The molecule has 1 heterocycles. The van der Waals surface area contributed by atoms with Gasteiger partial charge in [-0.15, -0.1) is 0 Å². The van der Waals surface area contributed by atoms with Gasteiger partial charge in [0, 0.05) is 23.6 Å². The van der Waals surface area contributed by atoms with Crippen molar-refractivity contribution in [2.45, 2.75) is 0 Å². The molecular formula is C21H16O7. The van der Waals surface area contributed by atoms with Crippen LogP contribution < -0.4 is 15.1 Å². The fourth-order valence-corrected chi connectivity index (χ4v) is 2.32. The highest BCUT2D eigenvalue weighted by molar-refractivity contribution is 5.91. The highest BCUT2D eigenvalue weighted by Gasteiger charge is 2.10. The Labute approximate surface area is 159 Å². The van der Waals surface area contributed by atoms with Crippen LogP contribution in [0.15, 0.2) is 76.5 Å². The Kier molecular flexibility index (Phi) is 5.86. The first kappa shape index (κ1) is 18.9. The van der Waals surface area contributed by atoms with Crippen LogP contribution in [0, 0.1) is 0 Å². The molecule has 0 radical (unpaired) electrons. The normalized spacial score (nSPS) is 10.3. The SMILES string of the molecule is C=CC(=O)OCCOc1ccc(C(=O)Oc2ccc3ccc(=O)oc3c2)cc1. The van der Waals surface area contributed by atoms with Crippen molar-refractivity contribution in [2.24, 2.45) is 0 Å². The van der Waals surface area contributed by atoms with E-state index in [9.17, 15) is 14.4 Å².